The third-order valence-corrected chi connectivity index (χ3v) is 10.6. The van der Waals surface area contributed by atoms with Crippen LogP contribution in [0.15, 0.2) is 35.3 Å². The summed E-state index contributed by atoms with van der Waals surface area (Å²) in [6.45, 7) is 11.9. The summed E-state index contributed by atoms with van der Waals surface area (Å²) in [5, 5.41) is 20.6. The Bertz CT molecular complexity index is 1700. The fourth-order valence-corrected chi connectivity index (χ4v) is 7.03. The average Bonchev–Trinajstić information content (AvgIpc) is 3.24. The zero-order chi connectivity index (χ0) is 49.1. The van der Waals surface area contributed by atoms with Gasteiger partial charge < -0.3 is 53.0 Å². The molecule has 0 radical (unpaired) electrons. The van der Waals surface area contributed by atoms with Gasteiger partial charge in [0, 0.05) is 50.1 Å². The van der Waals surface area contributed by atoms with E-state index in [1.165, 1.54) is 6.92 Å². The first-order valence-corrected chi connectivity index (χ1v) is 22.5. The highest BCUT2D eigenvalue weighted by molar-refractivity contribution is 5.97. The maximum absolute atomic E-state index is 14.1. The summed E-state index contributed by atoms with van der Waals surface area (Å²) in [6, 6.07) is 5.88. The lowest BCUT2D eigenvalue weighted by Crippen LogP contribution is -2.50. The Kier molecular flexibility index (Phi) is 28.3. The number of ether oxygens (including phenoxy) is 2. The van der Waals surface area contributed by atoms with Crippen LogP contribution in [0.1, 0.15) is 92.6 Å². The highest BCUT2D eigenvalue weighted by Gasteiger charge is 2.35. The van der Waals surface area contributed by atoms with Crippen molar-refractivity contribution >= 4 is 52.7 Å². The summed E-state index contributed by atoms with van der Waals surface area (Å²) < 4.78 is 10.4. The summed E-state index contributed by atoms with van der Waals surface area (Å²) in [5.74, 6) is -7.45. The summed E-state index contributed by atoms with van der Waals surface area (Å²) in [6.07, 6.45) is 0.405. The lowest BCUT2D eigenvalue weighted by atomic mass is 9.85. The van der Waals surface area contributed by atoms with Crippen molar-refractivity contribution in [2.75, 3.05) is 52.7 Å². The predicted octanol–water partition coefficient (Wildman–Crippen LogP) is 0.511. The molecule has 1 aromatic carbocycles. The van der Waals surface area contributed by atoms with Crippen molar-refractivity contribution in [2.45, 2.75) is 112 Å². The maximum atomic E-state index is 14.1. The van der Waals surface area contributed by atoms with E-state index in [1.807, 2.05) is 19.9 Å². The van der Waals surface area contributed by atoms with Crippen LogP contribution in [0.4, 0.5) is 0 Å². The molecule has 0 aliphatic heterocycles. The van der Waals surface area contributed by atoms with E-state index in [9.17, 15) is 43.5 Å². The number of nitrogens with zero attached hydrogens (tertiary/aromatic N) is 1. The van der Waals surface area contributed by atoms with Crippen molar-refractivity contribution in [3.63, 3.8) is 0 Å². The Labute approximate surface area is 383 Å². The van der Waals surface area contributed by atoms with Crippen molar-refractivity contribution in [1.29, 1.82) is 0 Å². The molecule has 0 aliphatic rings. The van der Waals surface area contributed by atoms with Gasteiger partial charge in [-0.2, -0.15) is 0 Å². The molecule has 0 heterocycles. The number of benzene rings is 1. The number of nitrogens with one attached hydrogen (secondary N) is 4. The third-order valence-electron chi connectivity index (χ3n) is 10.6. The molecule has 0 spiro atoms. The molecule has 4 amide bonds. The molecule has 0 aromatic heterocycles. The maximum Gasteiger partial charge on any atom is 0.246 e. The first-order valence-electron chi connectivity index (χ1n) is 22.5. The van der Waals surface area contributed by atoms with Crippen molar-refractivity contribution in [2.24, 2.45) is 57.7 Å². The van der Waals surface area contributed by atoms with E-state index in [0.29, 0.717) is 32.4 Å². The largest absolute Gasteiger partial charge is 0.394 e. The van der Waals surface area contributed by atoms with Gasteiger partial charge in [0.25, 0.3) is 0 Å². The molecule has 6 atom stereocenters. The number of rotatable bonds is 35. The van der Waals surface area contributed by atoms with E-state index in [-0.39, 0.29) is 75.6 Å². The number of ketones is 4. The molecule has 6 unspecified atom stereocenters. The summed E-state index contributed by atoms with van der Waals surface area (Å²) >= 11 is 0. The molecule has 19 heteroatoms. The minimum atomic E-state index is -1.30. The van der Waals surface area contributed by atoms with Gasteiger partial charge >= 0.3 is 0 Å². The third kappa shape index (κ3) is 24.1. The van der Waals surface area contributed by atoms with Crippen LogP contribution in [0, 0.1) is 35.5 Å². The van der Waals surface area contributed by atoms with E-state index in [4.69, 9.17) is 26.7 Å². The molecular weight excluding hydrogens is 841 g/mol. The lowest BCUT2D eigenvalue weighted by molar-refractivity contribution is -0.137. The SMILES string of the molecule is CC(=O)C(CCCN=C(N)N)NC(=O)C(CC(=O)CNC(=O)C(CC(=O)C(NC(=O)C(CC(=O)C(CO)NC(=O)COCCOCCN)C(C)C)C(C)C)Cc1ccccc1)CC(C)C. The van der Waals surface area contributed by atoms with E-state index in [0.717, 1.165) is 5.56 Å². The van der Waals surface area contributed by atoms with E-state index >= 15 is 0 Å². The van der Waals surface area contributed by atoms with Crippen LogP contribution in [0.5, 0.6) is 0 Å². The van der Waals surface area contributed by atoms with Crippen LogP contribution in [0.25, 0.3) is 0 Å². The molecule has 11 N–H and O–H groups in total. The summed E-state index contributed by atoms with van der Waals surface area (Å²) in [7, 11) is 0. The Morgan fingerprint density at radius 1 is 0.738 bits per heavy atom. The second-order valence-electron chi connectivity index (χ2n) is 17.5. The average molecular weight is 917 g/mol. The zero-order valence-electron chi connectivity index (χ0n) is 39.4. The van der Waals surface area contributed by atoms with E-state index in [2.05, 4.69) is 26.3 Å². The number of carbonyl (C=O) groups is 8. The fourth-order valence-electron chi connectivity index (χ4n) is 7.03. The molecule has 0 aliphatic carbocycles. The quantitative estimate of drug-likeness (QED) is 0.0262. The van der Waals surface area contributed by atoms with Gasteiger partial charge in [-0.25, -0.2) is 0 Å². The van der Waals surface area contributed by atoms with Gasteiger partial charge in [0.05, 0.1) is 45.1 Å². The van der Waals surface area contributed by atoms with Crippen molar-refractivity contribution in [3.8, 4) is 0 Å². The minimum absolute atomic E-state index is 0.0340. The number of carbonyl (C=O) groups excluding carboxylic acids is 8. The number of aliphatic hydroxyl groups excluding tert-OH is 1. The highest BCUT2D eigenvalue weighted by atomic mass is 16.5. The van der Waals surface area contributed by atoms with Crippen molar-refractivity contribution in [1.82, 2.24) is 21.3 Å². The molecule has 1 rings (SSSR count). The first-order chi connectivity index (χ1) is 30.7. The summed E-state index contributed by atoms with van der Waals surface area (Å²) in [4.78, 5) is 110. The Hall–Kier alpha value is -5.11. The van der Waals surface area contributed by atoms with Crippen molar-refractivity contribution < 1.29 is 52.9 Å². The first kappa shape index (κ1) is 57.9. The van der Waals surface area contributed by atoms with Gasteiger partial charge in [0.15, 0.2) is 29.1 Å². The molecule has 19 nitrogen and oxygen atoms in total. The number of aliphatic imine (C=N–C) groups is 1. The normalized spacial score (nSPS) is 14.1. The number of Topliss-reactive ketones (excluding diaryl/α,β-unsaturated/α-hetero) is 4. The Morgan fingerprint density at radius 2 is 1.40 bits per heavy atom. The summed E-state index contributed by atoms with van der Waals surface area (Å²) in [5.41, 5.74) is 16.9. The highest BCUT2D eigenvalue weighted by Crippen LogP contribution is 2.22. The molecule has 0 fully saturated rings. The van der Waals surface area contributed by atoms with E-state index in [1.54, 1.807) is 52.0 Å². The van der Waals surface area contributed by atoms with Crippen LogP contribution in [0.3, 0.4) is 0 Å². The van der Waals surface area contributed by atoms with Crippen LogP contribution in [-0.2, 0) is 54.3 Å². The van der Waals surface area contributed by atoms with Gasteiger partial charge in [0.2, 0.25) is 23.6 Å². The lowest BCUT2D eigenvalue weighted by Gasteiger charge is -2.28. The van der Waals surface area contributed by atoms with Crippen LogP contribution < -0.4 is 38.5 Å². The fraction of sp³-hybridized carbons (Fsp3) is 0.674. The van der Waals surface area contributed by atoms with Crippen LogP contribution in [0.2, 0.25) is 0 Å². The minimum Gasteiger partial charge on any atom is -0.394 e. The molecule has 366 valence electrons. The van der Waals surface area contributed by atoms with Crippen molar-refractivity contribution in [3.05, 3.63) is 35.9 Å². The zero-order valence-corrected chi connectivity index (χ0v) is 39.4. The predicted molar refractivity (Wildman–Crippen MR) is 246 cm³/mol. The number of hydrogen-bond donors (Lipinski definition) is 8. The molecule has 0 bridgehead atoms. The monoisotopic (exact) mass is 917 g/mol. The van der Waals surface area contributed by atoms with Crippen LogP contribution in [-0.4, -0.2) is 129 Å². The smallest absolute Gasteiger partial charge is 0.246 e. The molecule has 1 aromatic rings. The van der Waals surface area contributed by atoms with Gasteiger partial charge in [-0.3, -0.25) is 43.3 Å². The molecular formula is C46H76N8O11. The van der Waals surface area contributed by atoms with Gasteiger partial charge in [-0.05, 0) is 55.9 Å². The Morgan fingerprint density at radius 3 is 1.97 bits per heavy atom. The number of guanidine groups is 1. The van der Waals surface area contributed by atoms with E-state index < -0.39 is 95.9 Å². The van der Waals surface area contributed by atoms with Gasteiger partial charge in [0.1, 0.15) is 12.6 Å². The van der Waals surface area contributed by atoms with Gasteiger partial charge in [-0.15, -0.1) is 0 Å². The number of nitrogens with two attached hydrogens (primary N) is 3. The number of amides is 4. The second-order valence-corrected chi connectivity index (χ2v) is 17.5. The molecule has 65 heavy (non-hydrogen) atoms. The number of aliphatic hydroxyl groups is 1. The number of hydrogen-bond acceptors (Lipinski definition) is 13. The van der Waals surface area contributed by atoms with Gasteiger partial charge in [-0.1, -0.05) is 71.9 Å². The van der Waals surface area contributed by atoms with Crippen LogP contribution >= 0.6 is 0 Å². The standard InChI is InChI=1S/C46H76N8O11/c1-28(2)20-33(44(62)53-37(31(7)56)14-11-16-50-46(48)49)22-35(57)25-51-43(61)34(21-32-12-9-8-10-13-32)23-40(59)42(30(5)6)54-45(63)36(29(3)4)24-39(58)38(26-55)52-41(60)27-65-19-18-64-17-15-47/h8-10,12-13,28-30,33-34,36-38,42,55H,11,14-27,47H2,1-7H3,(H,51,61)(H,52,60)(H,53,62)(H,54,63)(H4,48,49,50). The topological polar surface area (TPSA) is 314 Å². The molecule has 0 saturated carbocycles. The second kappa shape index (κ2) is 31.7. The molecule has 0 saturated heterocycles. The Balaban J connectivity index is 3.10.